The second-order valence-electron chi connectivity index (χ2n) is 3.07. The Morgan fingerprint density at radius 2 is 2.57 bits per heavy atom. The van der Waals surface area contributed by atoms with E-state index < -0.39 is 6.04 Å². The molecule has 0 fully saturated rings. The molecule has 5 heteroatoms. The fourth-order valence-electron chi connectivity index (χ4n) is 1.08. The van der Waals surface area contributed by atoms with E-state index in [1.54, 1.807) is 17.8 Å². The zero-order chi connectivity index (χ0) is 10.6. The fourth-order valence-corrected chi connectivity index (χ4v) is 1.08. The molecule has 0 bridgehead atoms. The van der Waals surface area contributed by atoms with Gasteiger partial charge in [0.2, 0.25) is 0 Å². The third kappa shape index (κ3) is 2.50. The topological polar surface area (TPSA) is 73.8 Å². The summed E-state index contributed by atoms with van der Waals surface area (Å²) < 4.78 is 1.57. The highest BCUT2D eigenvalue weighted by molar-refractivity contribution is 5.85. The van der Waals surface area contributed by atoms with Crippen molar-refractivity contribution in [3.63, 3.8) is 0 Å². The van der Waals surface area contributed by atoms with Gasteiger partial charge in [-0.1, -0.05) is 6.08 Å². The average molecular weight is 194 g/mol. The van der Waals surface area contributed by atoms with Gasteiger partial charge < -0.3 is 5.73 Å². The number of ketones is 1. The Morgan fingerprint density at radius 3 is 3.07 bits per heavy atom. The molecule has 0 aromatic carbocycles. The second kappa shape index (κ2) is 4.66. The summed E-state index contributed by atoms with van der Waals surface area (Å²) in [7, 11) is 1.74. The second-order valence-corrected chi connectivity index (χ2v) is 3.07. The third-order valence-corrected chi connectivity index (χ3v) is 1.97. The van der Waals surface area contributed by atoms with Crippen LogP contribution in [-0.4, -0.2) is 26.6 Å². The molecule has 1 atom stereocenters. The monoisotopic (exact) mass is 194 g/mol. The predicted octanol–water partition coefficient (Wildman–Crippen LogP) is -0.170. The van der Waals surface area contributed by atoms with Crippen molar-refractivity contribution in [1.82, 2.24) is 14.8 Å². The molecule has 0 aliphatic heterocycles. The number of aromatic nitrogens is 3. The SMILES string of the molecule is C=CCC(N)C(=O)Cc1ncnn1C. The Morgan fingerprint density at radius 1 is 1.86 bits per heavy atom. The van der Waals surface area contributed by atoms with Crippen molar-refractivity contribution >= 4 is 5.78 Å². The van der Waals surface area contributed by atoms with Crippen LogP contribution in [0.4, 0.5) is 0 Å². The summed E-state index contributed by atoms with van der Waals surface area (Å²) in [6.45, 7) is 3.53. The number of hydrogen-bond donors (Lipinski definition) is 1. The summed E-state index contributed by atoms with van der Waals surface area (Å²) in [6, 6.07) is -0.482. The van der Waals surface area contributed by atoms with E-state index in [4.69, 9.17) is 5.73 Å². The van der Waals surface area contributed by atoms with Crippen LogP contribution in [0.5, 0.6) is 0 Å². The van der Waals surface area contributed by atoms with Crippen molar-refractivity contribution in [3.8, 4) is 0 Å². The molecule has 14 heavy (non-hydrogen) atoms. The summed E-state index contributed by atoms with van der Waals surface area (Å²) in [5, 5.41) is 3.87. The summed E-state index contributed by atoms with van der Waals surface area (Å²) in [5.41, 5.74) is 5.62. The zero-order valence-electron chi connectivity index (χ0n) is 8.18. The number of carbonyl (C=O) groups is 1. The van der Waals surface area contributed by atoms with E-state index in [0.29, 0.717) is 12.2 Å². The Hall–Kier alpha value is -1.49. The summed E-state index contributed by atoms with van der Waals surface area (Å²) in [4.78, 5) is 15.4. The number of hydrogen-bond acceptors (Lipinski definition) is 4. The van der Waals surface area contributed by atoms with Crippen LogP contribution in [0.25, 0.3) is 0 Å². The molecule has 1 rings (SSSR count). The molecule has 2 N–H and O–H groups in total. The van der Waals surface area contributed by atoms with E-state index in [-0.39, 0.29) is 12.2 Å². The highest BCUT2D eigenvalue weighted by Crippen LogP contribution is 1.98. The van der Waals surface area contributed by atoms with Gasteiger partial charge in [0, 0.05) is 7.05 Å². The van der Waals surface area contributed by atoms with Crippen LogP contribution in [0.2, 0.25) is 0 Å². The number of aryl methyl sites for hydroxylation is 1. The number of carbonyl (C=O) groups excluding carboxylic acids is 1. The first-order valence-electron chi connectivity index (χ1n) is 4.37. The zero-order valence-corrected chi connectivity index (χ0v) is 8.18. The minimum Gasteiger partial charge on any atom is -0.321 e. The molecule has 1 unspecified atom stereocenters. The van der Waals surface area contributed by atoms with Gasteiger partial charge in [-0.3, -0.25) is 9.48 Å². The van der Waals surface area contributed by atoms with Gasteiger partial charge in [-0.15, -0.1) is 6.58 Å². The first-order chi connectivity index (χ1) is 6.65. The minimum absolute atomic E-state index is 0.0407. The van der Waals surface area contributed by atoms with Crippen LogP contribution in [-0.2, 0) is 18.3 Å². The van der Waals surface area contributed by atoms with E-state index in [9.17, 15) is 4.79 Å². The Kier molecular flexibility index (Phi) is 3.53. The highest BCUT2D eigenvalue weighted by Gasteiger charge is 2.14. The van der Waals surface area contributed by atoms with Crippen molar-refractivity contribution in [2.75, 3.05) is 0 Å². The maximum atomic E-state index is 11.5. The van der Waals surface area contributed by atoms with Crippen molar-refractivity contribution in [2.45, 2.75) is 18.9 Å². The number of Topliss-reactive ketones (excluding diaryl/α,β-unsaturated/α-hetero) is 1. The molecule has 1 aromatic rings. The van der Waals surface area contributed by atoms with Crippen molar-refractivity contribution < 1.29 is 4.79 Å². The summed E-state index contributed by atoms with van der Waals surface area (Å²) in [6.07, 6.45) is 3.78. The predicted molar refractivity (Wildman–Crippen MR) is 52.5 cm³/mol. The Labute approximate surface area is 82.6 Å². The van der Waals surface area contributed by atoms with Gasteiger partial charge in [-0.05, 0) is 6.42 Å². The lowest BCUT2D eigenvalue weighted by Gasteiger charge is -2.06. The van der Waals surface area contributed by atoms with E-state index in [2.05, 4.69) is 16.7 Å². The van der Waals surface area contributed by atoms with E-state index in [1.165, 1.54) is 6.33 Å². The van der Waals surface area contributed by atoms with Crippen LogP contribution in [0.15, 0.2) is 19.0 Å². The maximum Gasteiger partial charge on any atom is 0.157 e. The van der Waals surface area contributed by atoms with Gasteiger partial charge in [0.05, 0.1) is 12.5 Å². The van der Waals surface area contributed by atoms with Crippen LogP contribution >= 0.6 is 0 Å². The summed E-state index contributed by atoms with van der Waals surface area (Å²) in [5.74, 6) is 0.593. The van der Waals surface area contributed by atoms with Crippen molar-refractivity contribution in [3.05, 3.63) is 24.8 Å². The van der Waals surface area contributed by atoms with Gasteiger partial charge in [0.1, 0.15) is 12.2 Å². The fraction of sp³-hybridized carbons (Fsp3) is 0.444. The standard InChI is InChI=1S/C9H14N4O/c1-3-4-7(10)8(14)5-9-11-6-12-13(9)2/h3,6-7H,1,4-5,10H2,2H3. The third-order valence-electron chi connectivity index (χ3n) is 1.97. The Bertz CT molecular complexity index is 331. The molecule has 0 amide bonds. The minimum atomic E-state index is -0.482. The Balaban J connectivity index is 2.57. The molecule has 1 aromatic heterocycles. The van der Waals surface area contributed by atoms with Gasteiger partial charge >= 0.3 is 0 Å². The number of rotatable bonds is 5. The van der Waals surface area contributed by atoms with Gasteiger partial charge in [0.15, 0.2) is 5.78 Å². The van der Waals surface area contributed by atoms with E-state index in [0.717, 1.165) is 0 Å². The van der Waals surface area contributed by atoms with Crippen molar-refractivity contribution in [2.24, 2.45) is 12.8 Å². The lowest BCUT2D eigenvalue weighted by atomic mass is 10.1. The van der Waals surface area contributed by atoms with Crippen LogP contribution < -0.4 is 5.73 Å². The van der Waals surface area contributed by atoms with Crippen LogP contribution in [0.1, 0.15) is 12.2 Å². The lowest BCUT2D eigenvalue weighted by molar-refractivity contribution is -0.119. The van der Waals surface area contributed by atoms with Gasteiger partial charge in [-0.2, -0.15) is 5.10 Å². The molecule has 0 saturated heterocycles. The number of nitrogens with two attached hydrogens (primary N) is 1. The largest absolute Gasteiger partial charge is 0.321 e. The summed E-state index contributed by atoms with van der Waals surface area (Å²) >= 11 is 0. The molecule has 0 aliphatic carbocycles. The molecular formula is C9H14N4O. The molecule has 76 valence electrons. The first kappa shape index (κ1) is 10.6. The lowest BCUT2D eigenvalue weighted by Crippen LogP contribution is -2.31. The molecule has 1 heterocycles. The maximum absolute atomic E-state index is 11.5. The van der Waals surface area contributed by atoms with E-state index >= 15 is 0 Å². The molecular weight excluding hydrogens is 180 g/mol. The van der Waals surface area contributed by atoms with Crippen molar-refractivity contribution in [1.29, 1.82) is 0 Å². The first-order valence-corrected chi connectivity index (χ1v) is 4.37. The van der Waals surface area contributed by atoms with Crippen LogP contribution in [0, 0.1) is 0 Å². The normalized spacial score (nSPS) is 12.4. The molecule has 5 nitrogen and oxygen atoms in total. The molecule has 0 spiro atoms. The molecule has 0 radical (unpaired) electrons. The van der Waals surface area contributed by atoms with E-state index in [1.807, 2.05) is 0 Å². The molecule has 0 aliphatic rings. The number of nitrogens with zero attached hydrogens (tertiary/aromatic N) is 3. The van der Waals surface area contributed by atoms with Gasteiger partial charge in [0.25, 0.3) is 0 Å². The quantitative estimate of drug-likeness (QED) is 0.660. The van der Waals surface area contributed by atoms with Crippen LogP contribution in [0.3, 0.4) is 0 Å². The smallest absolute Gasteiger partial charge is 0.157 e. The highest BCUT2D eigenvalue weighted by atomic mass is 16.1. The van der Waals surface area contributed by atoms with Gasteiger partial charge in [-0.25, -0.2) is 4.98 Å². The average Bonchev–Trinajstić information content (AvgIpc) is 2.52. The molecule has 0 saturated carbocycles.